The Kier molecular flexibility index (Phi) is 2.81. The number of benzene rings is 2. The molecule has 4 rings (SSSR count). The third-order valence-corrected chi connectivity index (χ3v) is 4.16. The van der Waals surface area contributed by atoms with Crippen LogP contribution in [0.15, 0.2) is 47.6 Å². The predicted octanol–water partition coefficient (Wildman–Crippen LogP) is 2.98. The summed E-state index contributed by atoms with van der Waals surface area (Å²) in [5.74, 6) is 1.98. The van der Waals surface area contributed by atoms with Crippen molar-refractivity contribution in [1.29, 1.82) is 0 Å². The van der Waals surface area contributed by atoms with Gasteiger partial charge in [-0.25, -0.2) is 0 Å². The third-order valence-electron chi connectivity index (χ3n) is 4.16. The van der Waals surface area contributed by atoms with Crippen LogP contribution in [0, 0.1) is 0 Å². The van der Waals surface area contributed by atoms with E-state index in [-0.39, 0.29) is 0 Å². The second-order valence-electron chi connectivity index (χ2n) is 5.40. The van der Waals surface area contributed by atoms with Crippen molar-refractivity contribution in [1.82, 2.24) is 0 Å². The lowest BCUT2D eigenvalue weighted by Gasteiger charge is -2.29. The average molecular weight is 281 g/mol. The van der Waals surface area contributed by atoms with Gasteiger partial charge >= 0.3 is 0 Å². The summed E-state index contributed by atoms with van der Waals surface area (Å²) in [6.45, 7) is 0.988. The highest BCUT2D eigenvalue weighted by Gasteiger charge is 2.26. The van der Waals surface area contributed by atoms with Crippen LogP contribution < -0.4 is 9.47 Å². The van der Waals surface area contributed by atoms with Crippen LogP contribution >= 0.6 is 0 Å². The quantitative estimate of drug-likeness (QED) is 0.695. The molecule has 0 radical (unpaired) electrons. The number of fused-ring (bicyclic) bond motifs is 2. The molecule has 1 aliphatic carbocycles. The molecule has 2 aromatic carbocycles. The van der Waals surface area contributed by atoms with E-state index in [0.717, 1.165) is 17.7 Å². The van der Waals surface area contributed by atoms with Gasteiger partial charge in [0.15, 0.2) is 0 Å². The van der Waals surface area contributed by atoms with E-state index in [1.807, 2.05) is 18.2 Å². The summed E-state index contributed by atoms with van der Waals surface area (Å²) in [6, 6.07) is 14.1. The molecule has 0 spiro atoms. The van der Waals surface area contributed by atoms with Crippen molar-refractivity contribution >= 4 is 5.71 Å². The van der Waals surface area contributed by atoms with Crippen molar-refractivity contribution in [3.8, 4) is 11.5 Å². The first-order valence-electron chi connectivity index (χ1n) is 7.04. The zero-order valence-corrected chi connectivity index (χ0v) is 11.5. The van der Waals surface area contributed by atoms with Gasteiger partial charge in [0, 0.05) is 17.5 Å². The number of hydrogen-bond donors (Lipinski definition) is 1. The van der Waals surface area contributed by atoms with Crippen LogP contribution in [0.3, 0.4) is 0 Å². The SMILES string of the molecule is ON=C1COc2cc(OCC3Cc4ccccc43)ccc21. The van der Waals surface area contributed by atoms with Crippen LogP contribution in [-0.2, 0) is 6.42 Å². The van der Waals surface area contributed by atoms with Crippen LogP contribution in [0.25, 0.3) is 0 Å². The van der Waals surface area contributed by atoms with E-state index in [4.69, 9.17) is 14.7 Å². The molecule has 0 saturated heterocycles. The van der Waals surface area contributed by atoms with E-state index in [2.05, 4.69) is 29.4 Å². The largest absolute Gasteiger partial charge is 0.493 e. The monoisotopic (exact) mass is 281 g/mol. The Morgan fingerprint density at radius 1 is 1.24 bits per heavy atom. The number of rotatable bonds is 3. The predicted molar refractivity (Wildman–Crippen MR) is 78.6 cm³/mol. The first-order chi connectivity index (χ1) is 10.3. The van der Waals surface area contributed by atoms with Gasteiger partial charge in [-0.1, -0.05) is 29.4 Å². The summed E-state index contributed by atoms with van der Waals surface area (Å²) in [6.07, 6.45) is 1.08. The van der Waals surface area contributed by atoms with Gasteiger partial charge < -0.3 is 14.7 Å². The van der Waals surface area contributed by atoms with Crippen LogP contribution in [0.1, 0.15) is 22.6 Å². The van der Waals surface area contributed by atoms with Crippen molar-refractivity contribution in [3.63, 3.8) is 0 Å². The number of oxime groups is 1. The number of ether oxygens (including phenoxy) is 2. The van der Waals surface area contributed by atoms with Gasteiger partial charge in [-0.3, -0.25) is 0 Å². The summed E-state index contributed by atoms with van der Waals surface area (Å²) >= 11 is 0. The fourth-order valence-electron chi connectivity index (χ4n) is 2.97. The molecular weight excluding hydrogens is 266 g/mol. The van der Waals surface area contributed by atoms with Crippen molar-refractivity contribution in [2.45, 2.75) is 12.3 Å². The molecule has 2 aliphatic rings. The second-order valence-corrected chi connectivity index (χ2v) is 5.40. The Hall–Kier alpha value is -2.49. The summed E-state index contributed by atoms with van der Waals surface area (Å²) in [4.78, 5) is 0. The molecule has 1 heterocycles. The molecule has 4 nitrogen and oxygen atoms in total. The fraction of sp³-hybridized carbons (Fsp3) is 0.235. The second kappa shape index (κ2) is 4.81. The van der Waals surface area contributed by atoms with Crippen molar-refractivity contribution in [2.24, 2.45) is 5.16 Å². The molecule has 0 bridgehead atoms. The van der Waals surface area contributed by atoms with Crippen molar-refractivity contribution < 1.29 is 14.7 Å². The van der Waals surface area contributed by atoms with E-state index in [1.165, 1.54) is 11.1 Å². The van der Waals surface area contributed by atoms with Crippen LogP contribution in [0.2, 0.25) is 0 Å². The Balaban J connectivity index is 1.45. The van der Waals surface area contributed by atoms with Gasteiger partial charge in [-0.05, 0) is 29.7 Å². The highest BCUT2D eigenvalue weighted by molar-refractivity contribution is 6.06. The molecule has 1 atom stereocenters. The zero-order valence-electron chi connectivity index (χ0n) is 11.5. The molecule has 0 amide bonds. The number of nitrogens with zero attached hydrogens (tertiary/aromatic N) is 1. The maximum Gasteiger partial charge on any atom is 0.134 e. The molecule has 1 N–H and O–H groups in total. The normalized spacial score (nSPS) is 20.4. The van der Waals surface area contributed by atoms with E-state index in [9.17, 15) is 0 Å². The molecule has 0 saturated carbocycles. The minimum absolute atomic E-state index is 0.311. The lowest BCUT2D eigenvalue weighted by atomic mass is 9.78. The van der Waals surface area contributed by atoms with E-state index in [1.54, 1.807) is 0 Å². The lowest BCUT2D eigenvalue weighted by Crippen LogP contribution is -2.23. The molecule has 1 aliphatic heterocycles. The Morgan fingerprint density at radius 3 is 3.00 bits per heavy atom. The summed E-state index contributed by atoms with van der Waals surface area (Å²) < 4.78 is 11.4. The standard InChI is InChI=1S/C17H15NO3/c19-18-16-10-21-17-8-13(5-6-15(16)17)20-9-12-7-11-3-1-2-4-14(11)12/h1-6,8,12,19H,7,9-10H2. The van der Waals surface area contributed by atoms with E-state index in [0.29, 0.717) is 30.6 Å². The first kappa shape index (κ1) is 12.3. The lowest BCUT2D eigenvalue weighted by molar-refractivity contribution is 0.273. The van der Waals surface area contributed by atoms with Crippen molar-refractivity contribution in [3.05, 3.63) is 59.2 Å². The molecule has 0 aromatic heterocycles. The maximum atomic E-state index is 8.87. The first-order valence-corrected chi connectivity index (χ1v) is 7.04. The highest BCUT2D eigenvalue weighted by Crippen LogP contribution is 2.36. The van der Waals surface area contributed by atoms with Gasteiger partial charge in [-0.2, -0.15) is 0 Å². The molecular formula is C17H15NO3. The van der Waals surface area contributed by atoms with Crippen molar-refractivity contribution in [2.75, 3.05) is 13.2 Å². The van der Waals surface area contributed by atoms with E-state index < -0.39 is 0 Å². The maximum absolute atomic E-state index is 8.87. The minimum Gasteiger partial charge on any atom is -0.493 e. The third kappa shape index (κ3) is 2.03. The van der Waals surface area contributed by atoms with Gasteiger partial charge in [0.1, 0.15) is 23.8 Å². The Labute approximate surface area is 122 Å². The topological polar surface area (TPSA) is 51.1 Å². The molecule has 0 fully saturated rings. The molecule has 4 heteroatoms. The summed E-state index contributed by atoms with van der Waals surface area (Å²) in [7, 11) is 0. The Bertz CT molecular complexity index is 724. The van der Waals surface area contributed by atoms with Gasteiger partial charge in [0.05, 0.1) is 6.61 Å². The van der Waals surface area contributed by atoms with Crippen LogP contribution in [0.5, 0.6) is 11.5 Å². The number of hydrogen-bond acceptors (Lipinski definition) is 4. The fourth-order valence-corrected chi connectivity index (χ4v) is 2.97. The Morgan fingerprint density at radius 2 is 2.14 bits per heavy atom. The van der Waals surface area contributed by atoms with E-state index >= 15 is 0 Å². The highest BCUT2D eigenvalue weighted by atomic mass is 16.5. The molecule has 1 unspecified atom stereocenters. The molecule has 106 valence electrons. The molecule has 2 aromatic rings. The average Bonchev–Trinajstić information content (AvgIpc) is 2.90. The van der Waals surface area contributed by atoms with Gasteiger partial charge in [0.25, 0.3) is 0 Å². The smallest absolute Gasteiger partial charge is 0.134 e. The minimum atomic E-state index is 0.311. The van der Waals surface area contributed by atoms with Gasteiger partial charge in [0.2, 0.25) is 0 Å². The molecule has 21 heavy (non-hydrogen) atoms. The van der Waals surface area contributed by atoms with Crippen LogP contribution in [0.4, 0.5) is 0 Å². The van der Waals surface area contributed by atoms with Gasteiger partial charge in [-0.15, -0.1) is 0 Å². The summed E-state index contributed by atoms with van der Waals surface area (Å²) in [5, 5.41) is 12.1. The summed E-state index contributed by atoms with van der Waals surface area (Å²) in [5.41, 5.74) is 4.21. The zero-order chi connectivity index (χ0) is 14.2. The van der Waals surface area contributed by atoms with Crippen LogP contribution in [-0.4, -0.2) is 24.1 Å².